The average molecular weight is 303 g/mol. The lowest BCUT2D eigenvalue weighted by atomic mass is 10.3. The summed E-state index contributed by atoms with van der Waals surface area (Å²) in [6.07, 6.45) is 0. The van der Waals surface area contributed by atoms with Crippen LogP contribution in [0, 0.1) is 4.78 Å². The third-order valence-corrected chi connectivity index (χ3v) is 4.50. The lowest BCUT2D eigenvalue weighted by Gasteiger charge is -2.10. The Hall–Kier alpha value is -1.23. The fourth-order valence-electron chi connectivity index (χ4n) is 1.50. The summed E-state index contributed by atoms with van der Waals surface area (Å²) >= 11 is 5.85. The summed E-state index contributed by atoms with van der Waals surface area (Å²) in [5, 5.41) is 0.421. The van der Waals surface area contributed by atoms with Crippen molar-refractivity contribution in [3.63, 3.8) is 0 Å². The van der Waals surface area contributed by atoms with Crippen molar-refractivity contribution in [2.45, 2.75) is 9.79 Å². The van der Waals surface area contributed by atoms with Crippen molar-refractivity contribution >= 4 is 39.4 Å². The molecule has 3 N–H and O–H groups in total. The van der Waals surface area contributed by atoms with Crippen LogP contribution < -0.4 is 5.73 Å². The van der Waals surface area contributed by atoms with Crippen LogP contribution in [0.5, 0.6) is 0 Å². The molecule has 1 unspecified atom stereocenters. The molecule has 0 saturated carbocycles. The summed E-state index contributed by atoms with van der Waals surface area (Å²) in [6, 6.07) is 13.2. The molecule has 2 aromatic carbocycles. The highest BCUT2D eigenvalue weighted by Crippen LogP contribution is 2.28. The van der Waals surface area contributed by atoms with Crippen LogP contribution in [0.25, 0.3) is 0 Å². The molecule has 0 aliphatic rings. The van der Waals surface area contributed by atoms with Gasteiger partial charge in [0.15, 0.2) is 0 Å². The molecular weight excluding hydrogens is 291 g/mol. The van der Waals surface area contributed by atoms with Gasteiger partial charge in [-0.25, -0.2) is 8.99 Å². The fourth-order valence-corrected chi connectivity index (χ4v) is 3.22. The molecule has 0 heterocycles. The van der Waals surface area contributed by atoms with Crippen molar-refractivity contribution in [3.05, 3.63) is 53.6 Å². The summed E-state index contributed by atoms with van der Waals surface area (Å²) in [4.78, 5) is 0.685. The second-order valence-corrected chi connectivity index (χ2v) is 6.01. The van der Waals surface area contributed by atoms with E-state index in [1.165, 1.54) is 6.07 Å². The van der Waals surface area contributed by atoms with Crippen LogP contribution in [0.1, 0.15) is 0 Å². The molecule has 6 heteroatoms. The van der Waals surface area contributed by atoms with Crippen LogP contribution in [0.2, 0.25) is 5.02 Å². The molecule has 0 bridgehead atoms. The first kappa shape index (κ1) is 14.8. The fraction of sp³-hybridized carbons (Fsp3) is 0. The Labute approximate surface area is 117 Å². The molecule has 0 aliphatic carbocycles. The first-order valence-corrected chi connectivity index (χ1v) is 6.84. The first-order valence-electron chi connectivity index (χ1n) is 4.91. The van der Waals surface area contributed by atoms with Crippen LogP contribution in [0.4, 0.5) is 5.69 Å². The Balaban J connectivity index is 0.00000162. The summed E-state index contributed by atoms with van der Waals surface area (Å²) in [5.74, 6) is 0. The predicted molar refractivity (Wildman–Crippen MR) is 76.9 cm³/mol. The van der Waals surface area contributed by atoms with Crippen LogP contribution in [-0.4, -0.2) is 4.21 Å². The number of halogens is 2. The molecule has 0 saturated heterocycles. The highest BCUT2D eigenvalue weighted by atomic mass is 35.5. The zero-order valence-electron chi connectivity index (χ0n) is 9.30. The number of nitrogens with two attached hydrogens (primary N) is 1. The quantitative estimate of drug-likeness (QED) is 0.828. The Morgan fingerprint density at radius 1 is 1.11 bits per heavy atom. The molecule has 0 amide bonds. The number of anilines is 1. The molecule has 0 radical (unpaired) electrons. The molecular formula is C12H12Cl2N2OS. The van der Waals surface area contributed by atoms with Crippen molar-refractivity contribution in [1.29, 1.82) is 4.78 Å². The lowest BCUT2D eigenvalue weighted by Crippen LogP contribution is -2.03. The normalized spacial score (nSPS) is 13.4. The molecule has 0 fully saturated rings. The standard InChI is InChI=1S/C12H11ClN2OS.ClH/c13-9-6-7-11(14)12(8-9)17(15,16)10-4-2-1-3-5-10;/h1-8,15H,14H2;1H. The van der Waals surface area contributed by atoms with Crippen molar-refractivity contribution in [1.82, 2.24) is 0 Å². The number of benzene rings is 2. The van der Waals surface area contributed by atoms with Crippen molar-refractivity contribution in [2.75, 3.05) is 5.73 Å². The van der Waals surface area contributed by atoms with Gasteiger partial charge in [-0.1, -0.05) is 29.8 Å². The maximum Gasteiger partial charge on any atom is 0.103 e. The summed E-state index contributed by atoms with van der Waals surface area (Å²) in [5.41, 5.74) is 6.07. The van der Waals surface area contributed by atoms with E-state index >= 15 is 0 Å². The molecule has 2 aromatic rings. The minimum Gasteiger partial charge on any atom is -0.398 e. The summed E-state index contributed by atoms with van der Waals surface area (Å²) in [7, 11) is -3.10. The van der Waals surface area contributed by atoms with Crippen molar-refractivity contribution < 1.29 is 4.21 Å². The van der Waals surface area contributed by atoms with Gasteiger partial charge in [0.25, 0.3) is 0 Å². The van der Waals surface area contributed by atoms with Crippen LogP contribution >= 0.6 is 24.0 Å². The van der Waals surface area contributed by atoms with Crippen LogP contribution in [-0.2, 0) is 9.73 Å². The van der Waals surface area contributed by atoms with Crippen LogP contribution in [0.3, 0.4) is 0 Å². The molecule has 0 aromatic heterocycles. The minimum absolute atomic E-state index is 0. The lowest BCUT2D eigenvalue weighted by molar-refractivity contribution is 0.675. The van der Waals surface area contributed by atoms with E-state index in [1.807, 2.05) is 0 Å². The number of hydrogen-bond acceptors (Lipinski definition) is 3. The number of nitrogens with one attached hydrogen (secondary N) is 1. The predicted octanol–water partition coefficient (Wildman–Crippen LogP) is 3.81. The highest BCUT2D eigenvalue weighted by molar-refractivity contribution is 7.92. The highest BCUT2D eigenvalue weighted by Gasteiger charge is 2.16. The second-order valence-electron chi connectivity index (χ2n) is 3.55. The Morgan fingerprint density at radius 2 is 1.72 bits per heavy atom. The van der Waals surface area contributed by atoms with E-state index in [9.17, 15) is 4.21 Å². The van der Waals surface area contributed by atoms with Gasteiger partial charge in [0.2, 0.25) is 0 Å². The first-order chi connectivity index (χ1) is 8.01. The van der Waals surface area contributed by atoms with Gasteiger partial charge in [0, 0.05) is 10.7 Å². The molecule has 0 spiro atoms. The molecule has 96 valence electrons. The monoisotopic (exact) mass is 302 g/mol. The third-order valence-electron chi connectivity index (χ3n) is 2.36. The van der Waals surface area contributed by atoms with Gasteiger partial charge in [0.05, 0.1) is 9.79 Å². The van der Waals surface area contributed by atoms with E-state index in [4.69, 9.17) is 22.1 Å². The van der Waals surface area contributed by atoms with Gasteiger partial charge in [-0.3, -0.25) is 0 Å². The summed E-state index contributed by atoms with van der Waals surface area (Å²) in [6.45, 7) is 0. The Bertz CT molecular complexity index is 642. The second kappa shape index (κ2) is 5.61. The van der Waals surface area contributed by atoms with Crippen LogP contribution in [0.15, 0.2) is 58.3 Å². The van der Waals surface area contributed by atoms with Gasteiger partial charge < -0.3 is 5.73 Å². The van der Waals surface area contributed by atoms with Gasteiger partial charge in [-0.2, -0.15) is 0 Å². The third kappa shape index (κ3) is 2.77. The van der Waals surface area contributed by atoms with Gasteiger partial charge in [-0.15, -0.1) is 12.4 Å². The molecule has 3 nitrogen and oxygen atoms in total. The SMILES string of the molecule is Cl.N=S(=O)(c1ccccc1)c1cc(Cl)ccc1N. The van der Waals surface area contributed by atoms with Gasteiger partial charge in [-0.05, 0) is 30.3 Å². The van der Waals surface area contributed by atoms with Crippen molar-refractivity contribution in [3.8, 4) is 0 Å². The Kier molecular flexibility index (Phi) is 4.62. The van der Waals surface area contributed by atoms with E-state index in [0.717, 1.165) is 0 Å². The van der Waals surface area contributed by atoms with Crippen molar-refractivity contribution in [2.24, 2.45) is 0 Å². The van der Waals surface area contributed by atoms with E-state index in [1.54, 1.807) is 42.5 Å². The van der Waals surface area contributed by atoms with E-state index in [-0.39, 0.29) is 17.3 Å². The largest absolute Gasteiger partial charge is 0.398 e. The zero-order chi connectivity index (χ0) is 12.5. The minimum atomic E-state index is -3.10. The van der Waals surface area contributed by atoms with E-state index in [0.29, 0.717) is 15.6 Å². The smallest absolute Gasteiger partial charge is 0.103 e. The number of hydrogen-bond donors (Lipinski definition) is 2. The van der Waals surface area contributed by atoms with Gasteiger partial charge >= 0.3 is 0 Å². The number of rotatable bonds is 2. The zero-order valence-corrected chi connectivity index (χ0v) is 11.7. The summed E-state index contributed by atoms with van der Waals surface area (Å²) < 4.78 is 20.5. The number of nitrogen functional groups attached to an aromatic ring is 1. The molecule has 18 heavy (non-hydrogen) atoms. The van der Waals surface area contributed by atoms with Gasteiger partial charge in [0.1, 0.15) is 9.73 Å². The van der Waals surface area contributed by atoms with E-state index < -0.39 is 9.73 Å². The molecule has 2 rings (SSSR count). The maximum absolute atomic E-state index is 12.5. The maximum atomic E-state index is 12.5. The Morgan fingerprint density at radius 3 is 2.33 bits per heavy atom. The molecule has 1 atom stereocenters. The molecule has 0 aliphatic heterocycles. The average Bonchev–Trinajstić information content (AvgIpc) is 2.33. The topological polar surface area (TPSA) is 66.9 Å². The van der Waals surface area contributed by atoms with E-state index in [2.05, 4.69) is 0 Å².